The van der Waals surface area contributed by atoms with Crippen LogP contribution < -0.4 is 5.73 Å². The first kappa shape index (κ1) is 11.6. The number of nitrogens with zero attached hydrogens (tertiary/aromatic N) is 2. The summed E-state index contributed by atoms with van der Waals surface area (Å²) in [5.74, 6) is 0. The molecule has 0 fully saturated rings. The molecule has 0 bridgehead atoms. The van der Waals surface area contributed by atoms with Crippen molar-refractivity contribution < 1.29 is 0 Å². The van der Waals surface area contributed by atoms with Crippen molar-refractivity contribution in [2.45, 2.75) is 19.9 Å². The molecule has 0 saturated carbocycles. The van der Waals surface area contributed by atoms with Crippen LogP contribution >= 0.6 is 0 Å². The van der Waals surface area contributed by atoms with Gasteiger partial charge in [-0.3, -0.25) is 9.98 Å². The van der Waals surface area contributed by atoms with Crippen LogP contribution in [0.3, 0.4) is 0 Å². The normalized spacial score (nSPS) is 14.5. The van der Waals surface area contributed by atoms with Gasteiger partial charge in [-0.1, -0.05) is 6.08 Å². The SMILES string of the molecule is C/C=C(\C=N/C)c1ccncc1C(C)N. The first-order chi connectivity index (χ1) is 7.20. The fourth-order valence-corrected chi connectivity index (χ4v) is 1.47. The van der Waals surface area contributed by atoms with E-state index in [9.17, 15) is 0 Å². The van der Waals surface area contributed by atoms with Crippen LogP contribution in [0, 0.1) is 0 Å². The van der Waals surface area contributed by atoms with Crippen LogP contribution in [-0.2, 0) is 0 Å². The molecule has 0 aliphatic carbocycles. The molecule has 1 atom stereocenters. The second kappa shape index (κ2) is 5.41. The lowest BCUT2D eigenvalue weighted by Gasteiger charge is -2.11. The number of rotatable bonds is 3. The van der Waals surface area contributed by atoms with Crippen LogP contribution in [0.4, 0.5) is 0 Å². The third-order valence-corrected chi connectivity index (χ3v) is 2.23. The topological polar surface area (TPSA) is 51.3 Å². The van der Waals surface area contributed by atoms with E-state index >= 15 is 0 Å². The van der Waals surface area contributed by atoms with Gasteiger partial charge in [-0.2, -0.15) is 0 Å². The van der Waals surface area contributed by atoms with Gasteiger partial charge in [0.15, 0.2) is 0 Å². The van der Waals surface area contributed by atoms with Gasteiger partial charge < -0.3 is 5.73 Å². The van der Waals surface area contributed by atoms with Crippen molar-refractivity contribution >= 4 is 11.8 Å². The summed E-state index contributed by atoms with van der Waals surface area (Å²) in [6, 6.07) is 1.95. The van der Waals surface area contributed by atoms with Gasteiger partial charge in [0.1, 0.15) is 0 Å². The lowest BCUT2D eigenvalue weighted by Crippen LogP contribution is -2.08. The van der Waals surface area contributed by atoms with Gasteiger partial charge in [0, 0.05) is 31.7 Å². The van der Waals surface area contributed by atoms with Gasteiger partial charge in [-0.15, -0.1) is 0 Å². The van der Waals surface area contributed by atoms with Crippen LogP contribution in [0.25, 0.3) is 5.57 Å². The maximum atomic E-state index is 5.89. The van der Waals surface area contributed by atoms with Crippen LogP contribution in [-0.4, -0.2) is 18.2 Å². The van der Waals surface area contributed by atoms with Crippen LogP contribution in [0.5, 0.6) is 0 Å². The van der Waals surface area contributed by atoms with Crippen molar-refractivity contribution in [3.05, 3.63) is 35.7 Å². The number of nitrogens with two attached hydrogens (primary N) is 1. The Morgan fingerprint density at radius 2 is 2.33 bits per heavy atom. The molecule has 1 heterocycles. The van der Waals surface area contributed by atoms with Crippen molar-refractivity contribution in [2.75, 3.05) is 7.05 Å². The zero-order valence-electron chi connectivity index (χ0n) is 9.44. The molecule has 1 aromatic heterocycles. The molecule has 3 heteroatoms. The summed E-state index contributed by atoms with van der Waals surface area (Å²) < 4.78 is 0. The van der Waals surface area contributed by atoms with Crippen molar-refractivity contribution in [2.24, 2.45) is 10.7 Å². The summed E-state index contributed by atoms with van der Waals surface area (Å²) >= 11 is 0. The number of hydrogen-bond donors (Lipinski definition) is 1. The van der Waals surface area contributed by atoms with Crippen molar-refractivity contribution in [3.63, 3.8) is 0 Å². The highest BCUT2D eigenvalue weighted by Crippen LogP contribution is 2.21. The number of allylic oxidation sites excluding steroid dienone is 2. The van der Waals surface area contributed by atoms with E-state index in [4.69, 9.17) is 5.73 Å². The summed E-state index contributed by atoms with van der Waals surface area (Å²) in [5, 5.41) is 0. The van der Waals surface area contributed by atoms with E-state index < -0.39 is 0 Å². The molecular formula is C12H17N3. The maximum Gasteiger partial charge on any atom is 0.0321 e. The summed E-state index contributed by atoms with van der Waals surface area (Å²) in [6.07, 6.45) is 7.44. The molecular weight excluding hydrogens is 186 g/mol. The van der Waals surface area contributed by atoms with E-state index in [0.29, 0.717) is 0 Å². The maximum absolute atomic E-state index is 5.89. The lowest BCUT2D eigenvalue weighted by atomic mass is 9.98. The van der Waals surface area contributed by atoms with E-state index in [2.05, 4.69) is 9.98 Å². The van der Waals surface area contributed by atoms with E-state index in [1.54, 1.807) is 13.2 Å². The molecule has 1 rings (SSSR count). The van der Waals surface area contributed by atoms with E-state index in [1.165, 1.54) is 0 Å². The summed E-state index contributed by atoms with van der Waals surface area (Å²) in [4.78, 5) is 8.12. The highest BCUT2D eigenvalue weighted by molar-refractivity contribution is 6.10. The number of hydrogen-bond acceptors (Lipinski definition) is 3. The molecule has 0 aromatic carbocycles. The van der Waals surface area contributed by atoms with E-state index in [1.807, 2.05) is 38.4 Å². The van der Waals surface area contributed by atoms with Gasteiger partial charge in [-0.25, -0.2) is 0 Å². The van der Waals surface area contributed by atoms with Gasteiger partial charge in [0.25, 0.3) is 0 Å². The Morgan fingerprint density at radius 3 is 2.87 bits per heavy atom. The fourth-order valence-electron chi connectivity index (χ4n) is 1.47. The Morgan fingerprint density at radius 1 is 1.60 bits per heavy atom. The first-order valence-electron chi connectivity index (χ1n) is 4.99. The third-order valence-electron chi connectivity index (χ3n) is 2.23. The summed E-state index contributed by atoms with van der Waals surface area (Å²) in [6.45, 7) is 3.94. The second-order valence-electron chi connectivity index (χ2n) is 3.38. The van der Waals surface area contributed by atoms with Crippen LogP contribution in [0.2, 0.25) is 0 Å². The van der Waals surface area contributed by atoms with Crippen LogP contribution in [0.15, 0.2) is 29.5 Å². The zero-order valence-corrected chi connectivity index (χ0v) is 9.44. The summed E-state index contributed by atoms with van der Waals surface area (Å²) in [7, 11) is 1.76. The molecule has 3 nitrogen and oxygen atoms in total. The Hall–Kier alpha value is -1.48. The van der Waals surface area contributed by atoms with Gasteiger partial charge in [0.05, 0.1) is 0 Å². The summed E-state index contributed by atoms with van der Waals surface area (Å²) in [5.41, 5.74) is 9.12. The monoisotopic (exact) mass is 203 g/mol. The Balaban J connectivity index is 3.23. The smallest absolute Gasteiger partial charge is 0.0321 e. The molecule has 0 spiro atoms. The molecule has 1 aromatic rings. The quantitative estimate of drug-likeness (QED) is 0.766. The number of aromatic nitrogens is 1. The Kier molecular flexibility index (Phi) is 4.18. The molecule has 0 saturated heterocycles. The standard InChI is InChI=1S/C12H17N3/c1-4-10(7-14-3)11-5-6-15-8-12(11)9(2)13/h4-9H,13H2,1-3H3/b10-4+,14-7-. The van der Waals surface area contributed by atoms with Gasteiger partial charge in [-0.05, 0) is 36.6 Å². The number of pyridine rings is 1. The van der Waals surface area contributed by atoms with E-state index in [-0.39, 0.29) is 6.04 Å². The van der Waals surface area contributed by atoms with Crippen molar-refractivity contribution in [3.8, 4) is 0 Å². The molecule has 15 heavy (non-hydrogen) atoms. The second-order valence-corrected chi connectivity index (χ2v) is 3.38. The van der Waals surface area contributed by atoms with Crippen molar-refractivity contribution in [1.29, 1.82) is 0 Å². The minimum absolute atomic E-state index is 0.0195. The predicted octanol–water partition coefficient (Wildman–Crippen LogP) is 2.21. The van der Waals surface area contributed by atoms with Gasteiger partial charge >= 0.3 is 0 Å². The number of aliphatic imine (C=N–C) groups is 1. The average molecular weight is 203 g/mol. The lowest BCUT2D eigenvalue weighted by molar-refractivity contribution is 0.808. The van der Waals surface area contributed by atoms with Gasteiger partial charge in [0.2, 0.25) is 0 Å². The van der Waals surface area contributed by atoms with E-state index in [0.717, 1.165) is 16.7 Å². The minimum atomic E-state index is -0.0195. The van der Waals surface area contributed by atoms with Crippen LogP contribution in [0.1, 0.15) is 31.0 Å². The molecule has 0 amide bonds. The molecule has 1 unspecified atom stereocenters. The largest absolute Gasteiger partial charge is 0.324 e. The fraction of sp³-hybridized carbons (Fsp3) is 0.333. The predicted molar refractivity (Wildman–Crippen MR) is 64.9 cm³/mol. The minimum Gasteiger partial charge on any atom is -0.324 e. The third kappa shape index (κ3) is 2.73. The average Bonchev–Trinajstić information content (AvgIpc) is 2.26. The molecule has 80 valence electrons. The highest BCUT2D eigenvalue weighted by atomic mass is 14.7. The molecule has 0 aliphatic rings. The Bertz CT molecular complexity index is 378. The molecule has 0 aliphatic heterocycles. The zero-order chi connectivity index (χ0) is 11.3. The molecule has 0 radical (unpaired) electrons. The highest BCUT2D eigenvalue weighted by Gasteiger charge is 2.08. The van der Waals surface area contributed by atoms with Crippen molar-refractivity contribution in [1.82, 2.24) is 4.98 Å². The Labute approximate surface area is 90.8 Å². The first-order valence-corrected chi connectivity index (χ1v) is 4.99. The molecule has 2 N–H and O–H groups in total.